The Bertz CT molecular complexity index is 1700. The molecular weight excluding hydrogens is 596 g/mol. The number of carboxylic acids is 1. The molecule has 9 nitrogen and oxygen atoms in total. The number of carbonyl (C=O) groups is 1. The van der Waals surface area contributed by atoms with Crippen LogP contribution in [0.25, 0.3) is 11.1 Å². The van der Waals surface area contributed by atoms with Gasteiger partial charge in [0.2, 0.25) is 0 Å². The lowest BCUT2D eigenvalue weighted by molar-refractivity contribution is -0.140. The first-order chi connectivity index (χ1) is 21.4. The number of rotatable bonds is 12. The van der Waals surface area contributed by atoms with Crippen LogP contribution >= 0.6 is 12.4 Å². The molecule has 0 radical (unpaired) electrons. The number of nitrogens with one attached hydrogen (secondary N) is 1. The smallest absolute Gasteiger partial charge is 0.323 e. The predicted molar refractivity (Wildman–Crippen MR) is 171 cm³/mol. The Kier molecular flexibility index (Phi) is 11.3. The molecule has 4 aromatic carbocycles. The minimum Gasteiger partial charge on any atom is -0.488 e. The summed E-state index contributed by atoms with van der Waals surface area (Å²) in [4.78, 5) is 11.4. The van der Waals surface area contributed by atoms with E-state index < -0.39 is 18.6 Å². The highest BCUT2D eigenvalue weighted by Crippen LogP contribution is 2.37. The molecule has 0 amide bonds. The van der Waals surface area contributed by atoms with Crippen molar-refractivity contribution < 1.29 is 34.0 Å². The summed E-state index contributed by atoms with van der Waals surface area (Å²) < 4.78 is 24.0. The summed E-state index contributed by atoms with van der Waals surface area (Å²) in [7, 11) is 0. The number of halogens is 1. The number of fused-ring (bicyclic) bond motifs is 1. The van der Waals surface area contributed by atoms with Gasteiger partial charge in [0.15, 0.2) is 11.5 Å². The number of aryl methyl sites for hydroxylation is 1. The van der Waals surface area contributed by atoms with Crippen LogP contribution in [0.15, 0.2) is 72.8 Å². The number of hydrogen-bond acceptors (Lipinski definition) is 8. The molecule has 0 bridgehead atoms. The maximum Gasteiger partial charge on any atom is 0.323 e. The van der Waals surface area contributed by atoms with Crippen LogP contribution in [0.1, 0.15) is 33.4 Å². The summed E-state index contributed by atoms with van der Waals surface area (Å²) in [6.07, 6.45) is 0. The van der Waals surface area contributed by atoms with Crippen molar-refractivity contribution in [3.8, 4) is 40.2 Å². The van der Waals surface area contributed by atoms with Crippen LogP contribution in [-0.4, -0.2) is 42.0 Å². The first-order valence-electron chi connectivity index (χ1n) is 14.3. The van der Waals surface area contributed by atoms with Crippen LogP contribution in [-0.2, 0) is 24.6 Å². The van der Waals surface area contributed by atoms with Gasteiger partial charge in [-0.15, -0.1) is 12.4 Å². The van der Waals surface area contributed by atoms with Gasteiger partial charge in [-0.25, -0.2) is 0 Å². The maximum absolute atomic E-state index is 11.4. The molecule has 0 unspecified atom stereocenters. The van der Waals surface area contributed by atoms with E-state index in [1.165, 1.54) is 0 Å². The molecule has 0 spiro atoms. The monoisotopic (exact) mass is 630 g/mol. The van der Waals surface area contributed by atoms with Crippen molar-refractivity contribution >= 4 is 18.4 Å². The molecule has 234 valence electrons. The lowest BCUT2D eigenvalue weighted by Crippen LogP contribution is -2.39. The molecule has 45 heavy (non-hydrogen) atoms. The normalized spacial score (nSPS) is 12.4. The fraction of sp³-hybridized carbons (Fsp3) is 0.257. The van der Waals surface area contributed by atoms with E-state index in [9.17, 15) is 20.3 Å². The molecule has 1 aliphatic rings. The zero-order chi connectivity index (χ0) is 31.1. The van der Waals surface area contributed by atoms with Crippen molar-refractivity contribution in [2.24, 2.45) is 0 Å². The van der Waals surface area contributed by atoms with Crippen LogP contribution in [0, 0.1) is 25.2 Å². The van der Waals surface area contributed by atoms with E-state index in [2.05, 4.69) is 24.4 Å². The molecule has 4 aromatic rings. The van der Waals surface area contributed by atoms with Gasteiger partial charge < -0.3 is 29.2 Å². The Morgan fingerprint density at radius 2 is 1.69 bits per heavy atom. The van der Waals surface area contributed by atoms with E-state index in [4.69, 9.17) is 18.9 Å². The largest absolute Gasteiger partial charge is 0.488 e. The lowest BCUT2D eigenvalue weighted by atomic mass is 9.96. The van der Waals surface area contributed by atoms with Crippen molar-refractivity contribution in [2.45, 2.75) is 39.6 Å². The Morgan fingerprint density at radius 1 is 0.933 bits per heavy atom. The minimum atomic E-state index is -1.14. The highest BCUT2D eigenvalue weighted by Gasteiger charge is 2.18. The molecule has 0 aliphatic carbocycles. The van der Waals surface area contributed by atoms with E-state index in [-0.39, 0.29) is 25.6 Å². The minimum absolute atomic E-state index is 0. The fourth-order valence-corrected chi connectivity index (χ4v) is 5.03. The van der Waals surface area contributed by atoms with E-state index >= 15 is 0 Å². The highest BCUT2D eigenvalue weighted by atomic mass is 35.5. The Labute approximate surface area is 268 Å². The van der Waals surface area contributed by atoms with Gasteiger partial charge in [0.25, 0.3) is 0 Å². The second-order valence-electron chi connectivity index (χ2n) is 10.5. The molecule has 5 rings (SSSR count). The zero-order valence-electron chi connectivity index (χ0n) is 25.0. The highest BCUT2D eigenvalue weighted by molar-refractivity contribution is 5.85. The van der Waals surface area contributed by atoms with Crippen molar-refractivity contribution in [3.05, 3.63) is 106 Å². The average Bonchev–Trinajstić information content (AvgIpc) is 3.04. The van der Waals surface area contributed by atoms with E-state index in [0.29, 0.717) is 42.4 Å². The summed E-state index contributed by atoms with van der Waals surface area (Å²) in [5.41, 5.74) is 7.10. The molecule has 1 heterocycles. The molecule has 1 atom stereocenters. The molecule has 10 heteroatoms. The maximum atomic E-state index is 11.4. The van der Waals surface area contributed by atoms with Crippen molar-refractivity contribution in [1.82, 2.24) is 5.32 Å². The summed E-state index contributed by atoms with van der Waals surface area (Å²) in [5.74, 6) is 1.46. The van der Waals surface area contributed by atoms with Crippen LogP contribution in [0.5, 0.6) is 23.0 Å². The predicted octanol–water partition coefficient (Wildman–Crippen LogP) is 5.73. The third kappa shape index (κ3) is 8.05. The van der Waals surface area contributed by atoms with E-state index in [1.807, 2.05) is 49.4 Å². The molecule has 0 aromatic heterocycles. The number of nitriles is 1. The third-order valence-corrected chi connectivity index (χ3v) is 7.51. The molecule has 0 saturated carbocycles. The second kappa shape index (κ2) is 15.3. The number of aliphatic hydroxyl groups is 1. The van der Waals surface area contributed by atoms with Crippen LogP contribution in [0.3, 0.4) is 0 Å². The molecule has 0 saturated heterocycles. The van der Waals surface area contributed by atoms with Gasteiger partial charge in [-0.3, -0.25) is 10.1 Å². The van der Waals surface area contributed by atoms with E-state index in [1.54, 1.807) is 24.3 Å². The fourth-order valence-electron chi connectivity index (χ4n) is 5.03. The number of ether oxygens (including phenoxy) is 4. The number of nitrogens with zero attached hydrogens (tertiary/aromatic N) is 1. The Morgan fingerprint density at radius 3 is 2.44 bits per heavy atom. The van der Waals surface area contributed by atoms with Crippen molar-refractivity contribution in [3.63, 3.8) is 0 Å². The lowest BCUT2D eigenvalue weighted by Gasteiger charge is -2.20. The topological polar surface area (TPSA) is 130 Å². The Balaban J connectivity index is 0.00000461. The summed E-state index contributed by atoms with van der Waals surface area (Å²) >= 11 is 0. The third-order valence-electron chi connectivity index (χ3n) is 7.51. The van der Waals surface area contributed by atoms with Crippen molar-refractivity contribution in [2.75, 3.05) is 19.8 Å². The van der Waals surface area contributed by atoms with Gasteiger partial charge in [-0.2, -0.15) is 5.26 Å². The first-order valence-corrected chi connectivity index (χ1v) is 14.3. The number of aliphatic carboxylic acids is 1. The summed E-state index contributed by atoms with van der Waals surface area (Å²) in [6, 6.07) is 23.9. The number of hydrogen-bond donors (Lipinski definition) is 3. The Hall–Kier alpha value is -4.75. The average molecular weight is 631 g/mol. The second-order valence-corrected chi connectivity index (χ2v) is 10.5. The molecular formula is C35H35ClN2O7. The quantitative estimate of drug-likeness (QED) is 0.180. The van der Waals surface area contributed by atoms with E-state index in [0.717, 1.165) is 44.9 Å². The summed E-state index contributed by atoms with van der Waals surface area (Å²) in [6.45, 7) is 5.18. The first kappa shape index (κ1) is 33.1. The van der Waals surface area contributed by atoms with Gasteiger partial charge >= 0.3 is 5.97 Å². The number of aliphatic hydroxyl groups excluding tert-OH is 1. The number of carboxylic acid groups (broad SMARTS) is 1. The van der Waals surface area contributed by atoms with Gasteiger partial charge in [-0.1, -0.05) is 36.4 Å². The van der Waals surface area contributed by atoms with Crippen LogP contribution in [0.4, 0.5) is 0 Å². The molecule has 0 fully saturated rings. The van der Waals surface area contributed by atoms with Gasteiger partial charge in [0.05, 0.1) is 18.2 Å². The SMILES string of the molecule is Cc1cc(CN[C@H](CO)C(=O)O)c(OCc2cccc(C#N)c2)cc1OCc1cccc(-c2ccc3c(c2)OCCO3)c1C.Cl. The number of benzene rings is 4. The standard InChI is InChI=1S/C35H34N2O7.ClH/c1-22-13-28(18-37-30(19-38)35(39)40)33(43-20-25-6-3-5-24(14-25)17-36)16-32(22)44-21-27-7-4-8-29(23(27)2)26-9-10-31-34(15-26)42-12-11-41-31;/h3-10,13-16,30,37-38H,11-12,18-21H2,1-2H3,(H,39,40);1H/t30-;/m1./s1. The van der Waals surface area contributed by atoms with Crippen LogP contribution < -0.4 is 24.3 Å². The van der Waals surface area contributed by atoms with Gasteiger partial charge in [0.1, 0.15) is 44.0 Å². The molecule has 1 aliphatic heterocycles. The van der Waals surface area contributed by atoms with Gasteiger partial charge in [0, 0.05) is 18.2 Å². The zero-order valence-corrected chi connectivity index (χ0v) is 25.9. The summed E-state index contributed by atoms with van der Waals surface area (Å²) in [5, 5.41) is 30.9. The van der Waals surface area contributed by atoms with Crippen LogP contribution in [0.2, 0.25) is 0 Å². The van der Waals surface area contributed by atoms with Crippen molar-refractivity contribution in [1.29, 1.82) is 5.26 Å². The van der Waals surface area contributed by atoms with Gasteiger partial charge in [-0.05, 0) is 77.6 Å². The molecule has 3 N–H and O–H groups in total.